The van der Waals surface area contributed by atoms with Crippen molar-refractivity contribution in [3.8, 4) is 0 Å². The number of halogens is 6. The molecule has 1 unspecified atom stereocenters. The standard InChI is InChI=1S/C25H25F6N3O3/c1-15(16-10-18(24(26,27)28)12-19(11-16)25(29,30)31)37-14-23(17-6-4-3-5-7-17)9-8-22(13-34(23)2)20(35)32-21(36)33-22/h3-7,10-12,15H,8-9,13-14H2,1-2H3,(H2,32,33,35,36)/t15-,22?,23-/m1/s1. The highest BCUT2D eigenvalue weighted by Gasteiger charge is 2.54. The first-order valence-corrected chi connectivity index (χ1v) is 11.5. The lowest BCUT2D eigenvalue weighted by Gasteiger charge is -2.50. The van der Waals surface area contributed by atoms with Crippen molar-refractivity contribution in [2.24, 2.45) is 0 Å². The van der Waals surface area contributed by atoms with Gasteiger partial charge >= 0.3 is 18.4 Å². The van der Waals surface area contributed by atoms with Crippen molar-refractivity contribution in [1.82, 2.24) is 15.5 Å². The molecular formula is C25H25F6N3O3. The third-order valence-corrected chi connectivity index (χ3v) is 7.18. The van der Waals surface area contributed by atoms with Crippen LogP contribution in [0.5, 0.6) is 0 Å². The zero-order valence-corrected chi connectivity index (χ0v) is 20.0. The van der Waals surface area contributed by atoms with Crippen LogP contribution >= 0.6 is 0 Å². The molecule has 200 valence electrons. The maximum Gasteiger partial charge on any atom is 0.416 e. The smallest absolute Gasteiger partial charge is 0.372 e. The van der Waals surface area contributed by atoms with E-state index in [1.165, 1.54) is 6.92 Å². The van der Waals surface area contributed by atoms with Crippen molar-refractivity contribution in [2.75, 3.05) is 20.2 Å². The Bertz CT molecular complexity index is 1150. The van der Waals surface area contributed by atoms with Crippen LogP contribution in [0.4, 0.5) is 31.1 Å². The molecule has 4 rings (SSSR count). The molecule has 2 heterocycles. The summed E-state index contributed by atoms with van der Waals surface area (Å²) < 4.78 is 86.0. The summed E-state index contributed by atoms with van der Waals surface area (Å²) in [5, 5.41) is 4.92. The number of hydrogen-bond acceptors (Lipinski definition) is 4. The quantitative estimate of drug-likeness (QED) is 0.423. The van der Waals surface area contributed by atoms with Gasteiger partial charge in [-0.3, -0.25) is 15.0 Å². The number of likely N-dealkylation sites (tertiary alicyclic amines) is 1. The van der Waals surface area contributed by atoms with Gasteiger partial charge in [-0.1, -0.05) is 30.3 Å². The van der Waals surface area contributed by atoms with E-state index in [9.17, 15) is 35.9 Å². The SMILES string of the molecule is C[C@@H](OC[C@@]1(c2ccccc2)CCC2(CN1C)NC(=O)NC2=O)c1cc(C(F)(F)F)cc(C(F)(F)F)c1. The van der Waals surface area contributed by atoms with Gasteiger partial charge in [-0.2, -0.15) is 26.3 Å². The van der Waals surface area contributed by atoms with E-state index in [0.29, 0.717) is 18.6 Å². The van der Waals surface area contributed by atoms with Crippen LogP contribution in [0.2, 0.25) is 0 Å². The maximum absolute atomic E-state index is 13.3. The van der Waals surface area contributed by atoms with Gasteiger partial charge in [0.25, 0.3) is 5.91 Å². The molecule has 3 atom stereocenters. The van der Waals surface area contributed by atoms with Gasteiger partial charge in [0, 0.05) is 6.54 Å². The fraction of sp³-hybridized carbons (Fsp3) is 0.440. The molecule has 12 heteroatoms. The van der Waals surface area contributed by atoms with Crippen LogP contribution in [-0.4, -0.2) is 42.6 Å². The molecule has 2 aromatic rings. The maximum atomic E-state index is 13.3. The summed E-state index contributed by atoms with van der Waals surface area (Å²) in [7, 11) is 1.73. The van der Waals surface area contributed by atoms with Gasteiger partial charge in [-0.25, -0.2) is 4.79 Å². The van der Waals surface area contributed by atoms with E-state index in [2.05, 4.69) is 10.6 Å². The second-order valence-electron chi connectivity index (χ2n) is 9.54. The number of nitrogens with one attached hydrogen (secondary N) is 2. The first kappa shape index (κ1) is 26.9. The van der Waals surface area contributed by atoms with Crippen molar-refractivity contribution in [3.05, 3.63) is 70.8 Å². The molecule has 2 aliphatic heterocycles. The zero-order valence-electron chi connectivity index (χ0n) is 20.0. The van der Waals surface area contributed by atoms with Crippen LogP contribution in [0.1, 0.15) is 48.1 Å². The van der Waals surface area contributed by atoms with Gasteiger partial charge in [-0.15, -0.1) is 0 Å². The number of piperidine rings is 1. The summed E-state index contributed by atoms with van der Waals surface area (Å²) >= 11 is 0. The number of ether oxygens (including phenoxy) is 1. The van der Waals surface area contributed by atoms with Gasteiger partial charge in [0.15, 0.2) is 0 Å². The predicted molar refractivity (Wildman–Crippen MR) is 120 cm³/mol. The second-order valence-corrected chi connectivity index (χ2v) is 9.54. The Morgan fingerprint density at radius 1 is 0.973 bits per heavy atom. The molecule has 0 saturated carbocycles. The molecule has 2 N–H and O–H groups in total. The normalized spacial score (nSPS) is 25.7. The summed E-state index contributed by atoms with van der Waals surface area (Å²) in [5.41, 5.74) is -4.29. The zero-order chi connectivity index (χ0) is 27.2. The monoisotopic (exact) mass is 529 g/mol. The Hall–Kier alpha value is -3.12. The number of carbonyl (C=O) groups excluding carboxylic acids is 2. The van der Waals surface area contributed by atoms with Gasteiger partial charge in [0.1, 0.15) is 5.54 Å². The first-order chi connectivity index (χ1) is 17.2. The van der Waals surface area contributed by atoms with Crippen LogP contribution in [-0.2, 0) is 27.4 Å². The van der Waals surface area contributed by atoms with Crippen molar-refractivity contribution in [1.29, 1.82) is 0 Å². The number of urea groups is 1. The number of benzene rings is 2. The van der Waals surface area contributed by atoms with E-state index >= 15 is 0 Å². The van der Waals surface area contributed by atoms with E-state index in [0.717, 1.165) is 5.56 Å². The fourth-order valence-electron chi connectivity index (χ4n) is 5.01. The van der Waals surface area contributed by atoms with Crippen LogP contribution in [0, 0.1) is 0 Å². The molecule has 0 aromatic heterocycles. The number of nitrogens with zero attached hydrogens (tertiary/aromatic N) is 1. The Balaban J connectivity index is 1.64. The average Bonchev–Trinajstić information content (AvgIpc) is 3.09. The minimum Gasteiger partial charge on any atom is -0.372 e. The summed E-state index contributed by atoms with van der Waals surface area (Å²) in [6.45, 7) is 1.43. The van der Waals surface area contributed by atoms with Crippen LogP contribution < -0.4 is 10.6 Å². The Labute approximate surface area is 209 Å². The summed E-state index contributed by atoms with van der Waals surface area (Å²) in [5.74, 6) is -0.455. The van der Waals surface area contributed by atoms with Gasteiger partial charge in [0.05, 0.1) is 29.4 Å². The fourth-order valence-corrected chi connectivity index (χ4v) is 5.01. The van der Waals surface area contributed by atoms with Crippen LogP contribution in [0.25, 0.3) is 0 Å². The highest BCUT2D eigenvalue weighted by atomic mass is 19.4. The van der Waals surface area contributed by atoms with E-state index in [1.54, 1.807) is 25.2 Å². The minimum atomic E-state index is -4.97. The van der Waals surface area contributed by atoms with E-state index in [1.807, 2.05) is 17.0 Å². The molecule has 0 aliphatic carbocycles. The van der Waals surface area contributed by atoms with E-state index in [4.69, 9.17) is 4.74 Å². The Morgan fingerprint density at radius 3 is 2.05 bits per heavy atom. The number of imide groups is 1. The lowest BCUT2D eigenvalue weighted by Crippen LogP contribution is -2.64. The van der Waals surface area contributed by atoms with Gasteiger partial charge in [-0.05, 0) is 56.1 Å². The highest BCUT2D eigenvalue weighted by molar-refractivity contribution is 6.07. The van der Waals surface area contributed by atoms with Crippen molar-refractivity contribution in [2.45, 2.75) is 49.3 Å². The molecule has 2 aliphatic rings. The number of likely N-dealkylation sites (N-methyl/N-ethyl adjacent to an activating group) is 1. The van der Waals surface area contributed by atoms with E-state index in [-0.39, 0.29) is 31.2 Å². The summed E-state index contributed by atoms with van der Waals surface area (Å²) in [6, 6.07) is 9.87. The molecule has 1 spiro atoms. The lowest BCUT2D eigenvalue weighted by molar-refractivity contribution is -0.143. The third-order valence-electron chi connectivity index (χ3n) is 7.18. The number of rotatable bonds is 5. The Morgan fingerprint density at radius 2 is 1.57 bits per heavy atom. The molecule has 0 radical (unpaired) electrons. The number of amides is 3. The van der Waals surface area contributed by atoms with Crippen LogP contribution in [0.15, 0.2) is 48.5 Å². The average molecular weight is 529 g/mol. The first-order valence-electron chi connectivity index (χ1n) is 11.5. The number of carbonyl (C=O) groups is 2. The van der Waals surface area contributed by atoms with Crippen molar-refractivity contribution < 1.29 is 40.7 Å². The Kier molecular flexibility index (Phi) is 6.78. The molecule has 37 heavy (non-hydrogen) atoms. The second kappa shape index (κ2) is 9.32. The molecular weight excluding hydrogens is 504 g/mol. The molecule has 2 fully saturated rings. The predicted octanol–water partition coefficient (Wildman–Crippen LogP) is 5.00. The molecule has 3 amide bonds. The van der Waals surface area contributed by atoms with Gasteiger partial charge < -0.3 is 10.1 Å². The minimum absolute atomic E-state index is 0.0803. The largest absolute Gasteiger partial charge is 0.416 e. The van der Waals surface area contributed by atoms with Crippen LogP contribution in [0.3, 0.4) is 0 Å². The molecule has 2 aromatic carbocycles. The summed E-state index contributed by atoms with van der Waals surface area (Å²) in [6.07, 6.45) is -10.5. The van der Waals surface area contributed by atoms with Crippen molar-refractivity contribution >= 4 is 11.9 Å². The molecule has 2 saturated heterocycles. The van der Waals surface area contributed by atoms with Crippen molar-refractivity contribution in [3.63, 3.8) is 0 Å². The summed E-state index contributed by atoms with van der Waals surface area (Å²) in [4.78, 5) is 26.1. The number of alkyl halides is 6. The molecule has 0 bridgehead atoms. The number of hydrogen-bond donors (Lipinski definition) is 2. The van der Waals surface area contributed by atoms with E-state index < -0.39 is 52.6 Å². The topological polar surface area (TPSA) is 70.7 Å². The lowest BCUT2D eigenvalue weighted by atomic mass is 9.75. The van der Waals surface area contributed by atoms with Gasteiger partial charge in [0.2, 0.25) is 0 Å². The molecule has 6 nitrogen and oxygen atoms in total. The highest BCUT2D eigenvalue weighted by Crippen LogP contribution is 2.43. The third kappa shape index (κ3) is 5.17.